The van der Waals surface area contributed by atoms with Gasteiger partial charge in [0.2, 0.25) is 5.91 Å². The highest BCUT2D eigenvalue weighted by Gasteiger charge is 2.03. The van der Waals surface area contributed by atoms with Crippen molar-refractivity contribution < 1.29 is 14.3 Å². The fourth-order valence-corrected chi connectivity index (χ4v) is 1.33. The molecule has 0 bridgehead atoms. The van der Waals surface area contributed by atoms with Crippen LogP contribution in [0.4, 0.5) is 5.69 Å². The highest BCUT2D eigenvalue weighted by molar-refractivity contribution is 5.91. The van der Waals surface area contributed by atoms with Crippen LogP contribution in [0.5, 0.6) is 5.75 Å². The maximum atomic E-state index is 11.4. The van der Waals surface area contributed by atoms with Gasteiger partial charge in [-0.05, 0) is 38.1 Å². The summed E-state index contributed by atoms with van der Waals surface area (Å²) in [4.78, 5) is 11.4. The lowest BCUT2D eigenvalue weighted by molar-refractivity contribution is -0.120. The molecule has 0 aliphatic heterocycles. The zero-order valence-electron chi connectivity index (χ0n) is 10.8. The summed E-state index contributed by atoms with van der Waals surface area (Å²) in [5.41, 5.74) is 5.97. The van der Waals surface area contributed by atoms with Crippen LogP contribution < -0.4 is 15.8 Å². The summed E-state index contributed by atoms with van der Waals surface area (Å²) in [6, 6.07) is 7.21. The number of hydrogen-bond donors (Lipinski definition) is 2. The highest BCUT2D eigenvalue weighted by atomic mass is 16.5. The molecular formula is C13H20N2O3. The fourth-order valence-electron chi connectivity index (χ4n) is 1.33. The first-order valence-corrected chi connectivity index (χ1v) is 5.96. The summed E-state index contributed by atoms with van der Waals surface area (Å²) in [6.45, 7) is 4.74. The van der Waals surface area contributed by atoms with Gasteiger partial charge in [-0.3, -0.25) is 4.79 Å². The normalized spacial score (nSPS) is 10.4. The number of benzene rings is 1. The summed E-state index contributed by atoms with van der Waals surface area (Å²) in [5.74, 6) is 0.586. The third-order valence-corrected chi connectivity index (χ3v) is 2.01. The first-order chi connectivity index (χ1) is 8.61. The zero-order valence-corrected chi connectivity index (χ0v) is 10.8. The second kappa shape index (κ2) is 7.68. The Labute approximate surface area is 107 Å². The average Bonchev–Trinajstić information content (AvgIpc) is 2.31. The van der Waals surface area contributed by atoms with Gasteiger partial charge in [-0.2, -0.15) is 0 Å². The number of carbonyl (C=O) groups excluding carboxylic acids is 1. The van der Waals surface area contributed by atoms with Crippen LogP contribution in [-0.2, 0) is 9.53 Å². The van der Waals surface area contributed by atoms with Crippen molar-refractivity contribution in [3.8, 4) is 5.75 Å². The zero-order chi connectivity index (χ0) is 13.4. The van der Waals surface area contributed by atoms with Crippen LogP contribution in [0.2, 0.25) is 0 Å². The van der Waals surface area contributed by atoms with Gasteiger partial charge < -0.3 is 20.5 Å². The molecule has 0 aromatic heterocycles. The molecule has 1 rings (SSSR count). The van der Waals surface area contributed by atoms with Crippen molar-refractivity contribution in [2.75, 3.05) is 25.1 Å². The Kier molecular flexibility index (Phi) is 6.18. The second-order valence-electron chi connectivity index (χ2n) is 4.08. The second-order valence-corrected chi connectivity index (χ2v) is 4.08. The van der Waals surface area contributed by atoms with Gasteiger partial charge in [0, 0.05) is 12.2 Å². The fraction of sp³-hybridized carbons (Fsp3) is 0.462. The Morgan fingerprint density at radius 3 is 2.56 bits per heavy atom. The Hall–Kier alpha value is -1.59. The molecule has 0 saturated heterocycles. The smallest absolute Gasteiger partial charge is 0.250 e. The number of hydrogen-bond acceptors (Lipinski definition) is 4. The molecular weight excluding hydrogens is 232 g/mol. The van der Waals surface area contributed by atoms with Crippen LogP contribution >= 0.6 is 0 Å². The molecule has 0 saturated carbocycles. The third kappa shape index (κ3) is 5.65. The molecule has 18 heavy (non-hydrogen) atoms. The molecule has 0 fully saturated rings. The Morgan fingerprint density at radius 1 is 1.33 bits per heavy atom. The number of ether oxygens (including phenoxy) is 2. The summed E-state index contributed by atoms with van der Waals surface area (Å²) in [5, 5.41) is 2.72. The number of anilines is 1. The molecule has 5 nitrogen and oxygen atoms in total. The van der Waals surface area contributed by atoms with Crippen LogP contribution in [0.15, 0.2) is 24.3 Å². The van der Waals surface area contributed by atoms with E-state index in [1.54, 1.807) is 12.1 Å². The predicted molar refractivity (Wildman–Crippen MR) is 70.7 cm³/mol. The molecule has 0 unspecified atom stereocenters. The lowest BCUT2D eigenvalue weighted by atomic mass is 10.3. The summed E-state index contributed by atoms with van der Waals surface area (Å²) in [6.07, 6.45) is 0.134. The van der Waals surface area contributed by atoms with Crippen LogP contribution in [-0.4, -0.2) is 31.8 Å². The van der Waals surface area contributed by atoms with E-state index in [4.69, 9.17) is 15.2 Å². The van der Waals surface area contributed by atoms with E-state index in [1.165, 1.54) is 0 Å². The summed E-state index contributed by atoms with van der Waals surface area (Å²) < 4.78 is 10.5. The number of rotatable bonds is 7. The molecule has 0 heterocycles. The molecule has 100 valence electrons. The lowest BCUT2D eigenvalue weighted by Crippen LogP contribution is -2.20. The molecule has 1 amide bonds. The van der Waals surface area contributed by atoms with Crippen molar-refractivity contribution in [2.24, 2.45) is 5.73 Å². The summed E-state index contributed by atoms with van der Waals surface area (Å²) >= 11 is 0. The number of carbonyl (C=O) groups is 1. The third-order valence-electron chi connectivity index (χ3n) is 2.01. The van der Waals surface area contributed by atoms with Gasteiger partial charge in [0.1, 0.15) is 12.4 Å². The van der Waals surface area contributed by atoms with Crippen molar-refractivity contribution >= 4 is 11.6 Å². The van der Waals surface area contributed by atoms with E-state index in [9.17, 15) is 4.79 Å². The molecule has 1 aromatic carbocycles. The lowest BCUT2D eigenvalue weighted by Gasteiger charge is -2.10. The Balaban J connectivity index is 2.40. The van der Waals surface area contributed by atoms with E-state index in [0.29, 0.717) is 18.8 Å². The van der Waals surface area contributed by atoms with Crippen LogP contribution in [0, 0.1) is 0 Å². The number of nitrogens with one attached hydrogen (secondary N) is 1. The van der Waals surface area contributed by atoms with Crippen LogP contribution in [0.1, 0.15) is 13.8 Å². The predicted octanol–water partition coefficient (Wildman–Crippen LogP) is 1.39. The van der Waals surface area contributed by atoms with E-state index in [-0.39, 0.29) is 18.6 Å². The number of nitrogens with two attached hydrogens (primary N) is 1. The first kappa shape index (κ1) is 14.5. The van der Waals surface area contributed by atoms with Gasteiger partial charge in [0.15, 0.2) is 0 Å². The largest absolute Gasteiger partial charge is 0.491 e. The SMILES string of the molecule is CC(C)Oc1ccc(NC(=O)COCCN)cc1. The van der Waals surface area contributed by atoms with Crippen molar-refractivity contribution in [1.82, 2.24) is 0 Å². The van der Waals surface area contributed by atoms with Crippen LogP contribution in [0.3, 0.4) is 0 Å². The van der Waals surface area contributed by atoms with Gasteiger partial charge in [0.25, 0.3) is 0 Å². The molecule has 3 N–H and O–H groups in total. The molecule has 5 heteroatoms. The average molecular weight is 252 g/mol. The molecule has 0 aliphatic rings. The molecule has 0 radical (unpaired) electrons. The van der Waals surface area contributed by atoms with Crippen LogP contribution in [0.25, 0.3) is 0 Å². The Morgan fingerprint density at radius 2 is 2.00 bits per heavy atom. The Bertz CT molecular complexity index is 363. The molecule has 0 aliphatic carbocycles. The van der Waals surface area contributed by atoms with Gasteiger partial charge in [-0.15, -0.1) is 0 Å². The van der Waals surface area contributed by atoms with Gasteiger partial charge in [-0.1, -0.05) is 0 Å². The quantitative estimate of drug-likeness (QED) is 0.719. The standard InChI is InChI=1S/C13H20N2O3/c1-10(2)18-12-5-3-11(4-6-12)15-13(16)9-17-8-7-14/h3-6,10H,7-9,14H2,1-2H3,(H,15,16). The van der Waals surface area contributed by atoms with Gasteiger partial charge >= 0.3 is 0 Å². The van der Waals surface area contributed by atoms with Crippen molar-refractivity contribution in [3.63, 3.8) is 0 Å². The van der Waals surface area contributed by atoms with Crippen molar-refractivity contribution in [3.05, 3.63) is 24.3 Å². The minimum Gasteiger partial charge on any atom is -0.491 e. The monoisotopic (exact) mass is 252 g/mol. The van der Waals surface area contributed by atoms with E-state index < -0.39 is 0 Å². The minimum atomic E-state index is -0.194. The van der Waals surface area contributed by atoms with E-state index in [1.807, 2.05) is 26.0 Å². The van der Waals surface area contributed by atoms with E-state index >= 15 is 0 Å². The maximum absolute atomic E-state index is 11.4. The van der Waals surface area contributed by atoms with E-state index in [0.717, 1.165) is 5.75 Å². The molecule has 0 atom stereocenters. The van der Waals surface area contributed by atoms with Crippen molar-refractivity contribution in [2.45, 2.75) is 20.0 Å². The topological polar surface area (TPSA) is 73.6 Å². The van der Waals surface area contributed by atoms with Crippen molar-refractivity contribution in [1.29, 1.82) is 0 Å². The summed E-state index contributed by atoms with van der Waals surface area (Å²) in [7, 11) is 0. The molecule has 0 spiro atoms. The number of amides is 1. The first-order valence-electron chi connectivity index (χ1n) is 5.96. The van der Waals surface area contributed by atoms with Gasteiger partial charge in [0.05, 0.1) is 12.7 Å². The van der Waals surface area contributed by atoms with Gasteiger partial charge in [-0.25, -0.2) is 0 Å². The molecule has 1 aromatic rings. The highest BCUT2D eigenvalue weighted by Crippen LogP contribution is 2.16. The van der Waals surface area contributed by atoms with E-state index in [2.05, 4.69) is 5.32 Å². The minimum absolute atomic E-state index is 0.0153. The maximum Gasteiger partial charge on any atom is 0.250 e.